The van der Waals surface area contributed by atoms with Crippen molar-refractivity contribution in [2.75, 3.05) is 21.3 Å². The summed E-state index contributed by atoms with van der Waals surface area (Å²) in [6.07, 6.45) is 0. The summed E-state index contributed by atoms with van der Waals surface area (Å²) in [4.78, 5) is 4.97. The second kappa shape index (κ2) is 8.56. The molecule has 158 valence electrons. The highest BCUT2D eigenvalue weighted by molar-refractivity contribution is 5.93. The van der Waals surface area contributed by atoms with E-state index in [-0.39, 0.29) is 0 Å². The predicted molar refractivity (Wildman–Crippen MR) is 122 cm³/mol. The quantitative estimate of drug-likeness (QED) is 0.403. The molecule has 0 amide bonds. The number of rotatable bonds is 5. The van der Waals surface area contributed by atoms with E-state index in [1.807, 2.05) is 68.4 Å². The minimum atomic E-state index is 0.738. The Labute approximate surface area is 181 Å². The van der Waals surface area contributed by atoms with Gasteiger partial charge in [0.25, 0.3) is 0 Å². The number of fused-ring (bicyclic) bond motifs is 1. The second-order valence-corrected chi connectivity index (χ2v) is 7.20. The lowest BCUT2D eigenvalue weighted by atomic mass is 10.1. The van der Waals surface area contributed by atoms with Crippen LogP contribution in [0.3, 0.4) is 0 Å². The average Bonchev–Trinajstić information content (AvgIpc) is 2.99. The van der Waals surface area contributed by atoms with Crippen LogP contribution in [0, 0.1) is 13.8 Å². The fourth-order valence-electron chi connectivity index (χ4n) is 3.78. The fraction of sp³-hybridized carbons (Fsp3) is 0.192. The molecule has 4 rings (SSSR count). The zero-order valence-electron chi connectivity index (χ0n) is 18.4. The summed E-state index contributed by atoms with van der Waals surface area (Å²) in [6.45, 7) is 3.90. The van der Waals surface area contributed by atoms with Crippen LogP contribution in [0.2, 0.25) is 0 Å². The van der Waals surface area contributed by atoms with Gasteiger partial charge in [-0.3, -0.25) is 0 Å². The number of hydrogen-bond acceptors (Lipinski definition) is 5. The highest BCUT2D eigenvalue weighted by atomic mass is 16.5. The van der Waals surface area contributed by atoms with Crippen molar-refractivity contribution in [1.82, 2.24) is 0 Å². The summed E-state index contributed by atoms with van der Waals surface area (Å²) < 4.78 is 22.4. The Morgan fingerprint density at radius 1 is 0.677 bits per heavy atom. The van der Waals surface area contributed by atoms with Gasteiger partial charge in [-0.25, -0.2) is 4.99 Å². The standard InChI is InChI=1S/C26H25NO4/c1-16-25-23(27-20-7-6-8-22(15-20)29-4)13-19(18-9-11-21(28-3)12-10-18)14-24(30-5)26(25)17(2)31-16/h6-15H,1-5H3. The number of benzene rings is 2. The van der Waals surface area contributed by atoms with Crippen LogP contribution in [-0.2, 0) is 0 Å². The molecule has 0 aliphatic carbocycles. The van der Waals surface area contributed by atoms with Gasteiger partial charge in [0.05, 0.1) is 43.1 Å². The van der Waals surface area contributed by atoms with Gasteiger partial charge < -0.3 is 18.6 Å². The Bertz CT molecular complexity index is 1300. The maximum atomic E-state index is 5.97. The average molecular weight is 415 g/mol. The van der Waals surface area contributed by atoms with Crippen LogP contribution in [0.1, 0.15) is 11.5 Å². The van der Waals surface area contributed by atoms with Gasteiger partial charge in [0.2, 0.25) is 0 Å². The van der Waals surface area contributed by atoms with Crippen LogP contribution < -0.4 is 19.6 Å². The Morgan fingerprint density at radius 3 is 2.06 bits per heavy atom. The molecule has 0 radical (unpaired) electrons. The first-order chi connectivity index (χ1) is 15.0. The number of methoxy groups -OCH3 is 3. The van der Waals surface area contributed by atoms with E-state index in [0.717, 1.165) is 61.7 Å². The third-order valence-corrected chi connectivity index (χ3v) is 5.29. The molecule has 5 nitrogen and oxygen atoms in total. The topological polar surface area (TPSA) is 53.2 Å². The van der Waals surface area contributed by atoms with E-state index in [9.17, 15) is 0 Å². The molecule has 0 aliphatic heterocycles. The summed E-state index contributed by atoms with van der Waals surface area (Å²) in [5.74, 6) is 3.89. The van der Waals surface area contributed by atoms with Crippen molar-refractivity contribution < 1.29 is 18.6 Å². The maximum Gasteiger partial charge on any atom is 0.130 e. The van der Waals surface area contributed by atoms with Crippen molar-refractivity contribution in [2.24, 2.45) is 4.99 Å². The van der Waals surface area contributed by atoms with Crippen LogP contribution in [0.4, 0.5) is 5.69 Å². The summed E-state index contributed by atoms with van der Waals surface area (Å²) in [5, 5.41) is 2.64. The summed E-state index contributed by atoms with van der Waals surface area (Å²) in [7, 11) is 4.98. The van der Waals surface area contributed by atoms with Crippen molar-refractivity contribution in [1.29, 1.82) is 0 Å². The summed E-state index contributed by atoms with van der Waals surface area (Å²) in [5.41, 5.74) is 2.81. The Kier molecular flexibility index (Phi) is 5.67. The van der Waals surface area contributed by atoms with Crippen LogP contribution in [-0.4, -0.2) is 21.3 Å². The molecular formula is C26H25NO4. The van der Waals surface area contributed by atoms with E-state index in [2.05, 4.69) is 6.07 Å². The molecule has 0 aliphatic rings. The fourth-order valence-corrected chi connectivity index (χ4v) is 3.78. The molecule has 31 heavy (non-hydrogen) atoms. The summed E-state index contributed by atoms with van der Waals surface area (Å²) in [6, 6.07) is 19.7. The van der Waals surface area contributed by atoms with Gasteiger partial charge in [-0.05, 0) is 61.4 Å². The first-order valence-corrected chi connectivity index (χ1v) is 9.99. The molecule has 0 unspecified atom stereocenters. The highest BCUT2D eigenvalue weighted by Crippen LogP contribution is 2.34. The van der Waals surface area contributed by atoms with Crippen molar-refractivity contribution in [3.05, 3.63) is 77.5 Å². The van der Waals surface area contributed by atoms with E-state index in [4.69, 9.17) is 23.6 Å². The van der Waals surface area contributed by atoms with Gasteiger partial charge in [-0.15, -0.1) is 0 Å². The van der Waals surface area contributed by atoms with Gasteiger partial charge in [-0.1, -0.05) is 18.2 Å². The molecule has 0 atom stereocenters. The minimum absolute atomic E-state index is 0.738. The molecule has 3 aromatic carbocycles. The molecule has 0 spiro atoms. The van der Waals surface area contributed by atoms with Crippen LogP contribution in [0.25, 0.3) is 21.9 Å². The SMILES string of the molecule is COc1ccc(-c2cc(OC)c3c(C)oc(C)c3c(=Nc3cccc(OC)c3)c2)cc1. The van der Waals surface area contributed by atoms with Crippen molar-refractivity contribution in [2.45, 2.75) is 13.8 Å². The van der Waals surface area contributed by atoms with Crippen molar-refractivity contribution >= 4 is 16.5 Å². The zero-order chi connectivity index (χ0) is 22.0. The normalized spacial score (nSPS) is 11.6. The Balaban J connectivity index is 2.08. The molecule has 0 saturated heterocycles. The molecule has 0 bridgehead atoms. The molecule has 1 aromatic heterocycles. The lowest BCUT2D eigenvalue weighted by molar-refractivity contribution is 0.415. The minimum Gasteiger partial charge on any atom is -0.497 e. The van der Waals surface area contributed by atoms with E-state index in [1.54, 1.807) is 21.3 Å². The van der Waals surface area contributed by atoms with Gasteiger partial charge in [0.1, 0.15) is 28.8 Å². The maximum absolute atomic E-state index is 5.97. The van der Waals surface area contributed by atoms with Crippen molar-refractivity contribution in [3.63, 3.8) is 0 Å². The lowest BCUT2D eigenvalue weighted by Crippen LogP contribution is -2.00. The van der Waals surface area contributed by atoms with E-state index in [0.29, 0.717) is 0 Å². The molecule has 4 aromatic rings. The van der Waals surface area contributed by atoms with Crippen LogP contribution >= 0.6 is 0 Å². The van der Waals surface area contributed by atoms with Crippen molar-refractivity contribution in [3.8, 4) is 28.4 Å². The molecular weight excluding hydrogens is 390 g/mol. The summed E-state index contributed by atoms with van der Waals surface area (Å²) >= 11 is 0. The number of furan rings is 1. The molecule has 1 heterocycles. The lowest BCUT2D eigenvalue weighted by Gasteiger charge is -2.04. The number of nitrogens with zero attached hydrogens (tertiary/aromatic N) is 1. The largest absolute Gasteiger partial charge is 0.497 e. The van der Waals surface area contributed by atoms with E-state index >= 15 is 0 Å². The van der Waals surface area contributed by atoms with Gasteiger partial charge >= 0.3 is 0 Å². The van der Waals surface area contributed by atoms with Crippen LogP contribution in [0.5, 0.6) is 17.2 Å². The third-order valence-electron chi connectivity index (χ3n) is 5.29. The van der Waals surface area contributed by atoms with Gasteiger partial charge in [-0.2, -0.15) is 0 Å². The van der Waals surface area contributed by atoms with E-state index in [1.165, 1.54) is 0 Å². The first-order valence-electron chi connectivity index (χ1n) is 9.99. The number of ether oxygens (including phenoxy) is 3. The molecule has 0 N–H and O–H groups in total. The first kappa shape index (κ1) is 20.5. The Morgan fingerprint density at radius 2 is 1.39 bits per heavy atom. The highest BCUT2D eigenvalue weighted by Gasteiger charge is 2.15. The smallest absolute Gasteiger partial charge is 0.130 e. The molecule has 0 saturated carbocycles. The van der Waals surface area contributed by atoms with Gasteiger partial charge in [0.15, 0.2) is 0 Å². The Hall–Kier alpha value is -3.73. The molecule has 0 fully saturated rings. The zero-order valence-corrected chi connectivity index (χ0v) is 18.4. The second-order valence-electron chi connectivity index (χ2n) is 7.20. The number of hydrogen-bond donors (Lipinski definition) is 0. The van der Waals surface area contributed by atoms with Crippen LogP contribution in [0.15, 0.2) is 70.1 Å². The van der Waals surface area contributed by atoms with Gasteiger partial charge in [0, 0.05) is 6.07 Å². The predicted octanol–water partition coefficient (Wildman–Crippen LogP) is 5.97. The molecule has 5 heteroatoms. The monoisotopic (exact) mass is 415 g/mol. The van der Waals surface area contributed by atoms with E-state index < -0.39 is 0 Å². The number of aryl methyl sites for hydroxylation is 2. The third kappa shape index (κ3) is 3.99.